The second-order valence-corrected chi connectivity index (χ2v) is 5.13. The molecule has 7 heteroatoms. The Morgan fingerprint density at radius 1 is 1.04 bits per heavy atom. The zero-order valence-electron chi connectivity index (χ0n) is 12.5. The smallest absolute Gasteiger partial charge is 0.218 e. The molecule has 0 saturated carbocycles. The van der Waals surface area contributed by atoms with Gasteiger partial charge in [0.05, 0.1) is 24.8 Å². The highest BCUT2D eigenvalue weighted by Crippen LogP contribution is 2.41. The summed E-state index contributed by atoms with van der Waals surface area (Å²) in [7, 11) is 3.09. The fourth-order valence-electron chi connectivity index (χ4n) is 2.23. The molecule has 23 heavy (non-hydrogen) atoms. The van der Waals surface area contributed by atoms with Crippen molar-refractivity contribution in [2.24, 2.45) is 10.2 Å². The van der Waals surface area contributed by atoms with Gasteiger partial charge in [-0.25, -0.2) is 0 Å². The van der Waals surface area contributed by atoms with E-state index in [-0.39, 0.29) is 5.88 Å². The van der Waals surface area contributed by atoms with Crippen LogP contribution in [0.1, 0.15) is 0 Å². The van der Waals surface area contributed by atoms with E-state index in [4.69, 9.17) is 21.1 Å². The number of aromatic nitrogens is 1. The standard InChI is InChI=1S/C16H14ClN3O3/c1-22-13-7-9-12(8-14(13)23-2)18-16(21)15(9)20-19-11-6-4-3-5-10(11)17/h3-8,18,21H,1-2H3. The molecule has 0 radical (unpaired) electrons. The molecule has 0 bridgehead atoms. The first-order valence-corrected chi connectivity index (χ1v) is 7.14. The molecule has 0 aliphatic carbocycles. The average Bonchev–Trinajstić information content (AvgIpc) is 2.87. The lowest BCUT2D eigenvalue weighted by molar-refractivity contribution is 0.356. The minimum absolute atomic E-state index is 0.0916. The first kappa shape index (κ1) is 15.2. The summed E-state index contributed by atoms with van der Waals surface area (Å²) in [6.07, 6.45) is 0. The van der Waals surface area contributed by atoms with E-state index in [0.717, 1.165) is 0 Å². The van der Waals surface area contributed by atoms with Gasteiger partial charge in [-0.1, -0.05) is 23.7 Å². The average molecular weight is 332 g/mol. The van der Waals surface area contributed by atoms with Crippen molar-refractivity contribution in [3.8, 4) is 17.4 Å². The van der Waals surface area contributed by atoms with Crippen LogP contribution in [0.5, 0.6) is 17.4 Å². The number of nitrogens with one attached hydrogen (secondary N) is 1. The van der Waals surface area contributed by atoms with Gasteiger partial charge in [-0.2, -0.15) is 0 Å². The number of hydrogen-bond donors (Lipinski definition) is 2. The zero-order valence-corrected chi connectivity index (χ0v) is 13.3. The van der Waals surface area contributed by atoms with Crippen LogP contribution < -0.4 is 9.47 Å². The number of methoxy groups -OCH3 is 2. The number of aromatic amines is 1. The maximum atomic E-state index is 10.1. The highest BCUT2D eigenvalue weighted by atomic mass is 35.5. The lowest BCUT2D eigenvalue weighted by atomic mass is 10.2. The third-order valence-corrected chi connectivity index (χ3v) is 3.69. The molecule has 2 aromatic carbocycles. The van der Waals surface area contributed by atoms with Gasteiger partial charge in [0.1, 0.15) is 5.69 Å². The molecule has 6 nitrogen and oxygen atoms in total. The third-order valence-electron chi connectivity index (χ3n) is 3.37. The molecule has 118 valence electrons. The van der Waals surface area contributed by atoms with Gasteiger partial charge in [0.2, 0.25) is 5.88 Å². The number of nitrogens with zero attached hydrogens (tertiary/aromatic N) is 2. The Labute approximate surface area is 137 Å². The molecule has 3 rings (SSSR count). The van der Waals surface area contributed by atoms with Crippen molar-refractivity contribution < 1.29 is 14.6 Å². The highest BCUT2D eigenvalue weighted by molar-refractivity contribution is 6.32. The summed E-state index contributed by atoms with van der Waals surface area (Å²) < 4.78 is 10.5. The van der Waals surface area contributed by atoms with Crippen molar-refractivity contribution in [3.05, 3.63) is 41.4 Å². The van der Waals surface area contributed by atoms with Crippen LogP contribution in [0.15, 0.2) is 46.6 Å². The molecular weight excluding hydrogens is 318 g/mol. The van der Waals surface area contributed by atoms with Crippen molar-refractivity contribution in [2.75, 3.05) is 14.2 Å². The van der Waals surface area contributed by atoms with Gasteiger partial charge in [0, 0.05) is 11.5 Å². The fourth-order valence-corrected chi connectivity index (χ4v) is 2.40. The lowest BCUT2D eigenvalue weighted by Crippen LogP contribution is -1.89. The largest absolute Gasteiger partial charge is 0.493 e. The second kappa shape index (κ2) is 6.18. The lowest BCUT2D eigenvalue weighted by Gasteiger charge is -2.07. The van der Waals surface area contributed by atoms with Gasteiger partial charge in [0.25, 0.3) is 0 Å². The number of ether oxygens (including phenoxy) is 2. The first-order chi connectivity index (χ1) is 11.1. The van der Waals surface area contributed by atoms with Crippen LogP contribution in [0.2, 0.25) is 5.02 Å². The Bertz CT molecular complexity index is 890. The first-order valence-electron chi connectivity index (χ1n) is 6.77. The summed E-state index contributed by atoms with van der Waals surface area (Å²) in [6.45, 7) is 0. The van der Waals surface area contributed by atoms with E-state index in [1.165, 1.54) is 0 Å². The van der Waals surface area contributed by atoms with Crippen LogP contribution in [0.4, 0.5) is 11.4 Å². The number of benzene rings is 2. The monoisotopic (exact) mass is 331 g/mol. The summed E-state index contributed by atoms with van der Waals surface area (Å²) in [5.41, 5.74) is 1.48. The summed E-state index contributed by atoms with van der Waals surface area (Å²) in [6, 6.07) is 10.5. The van der Waals surface area contributed by atoms with E-state index in [2.05, 4.69) is 15.2 Å². The Balaban J connectivity index is 2.10. The summed E-state index contributed by atoms with van der Waals surface area (Å²) in [5, 5.41) is 19.4. The maximum Gasteiger partial charge on any atom is 0.218 e. The van der Waals surface area contributed by atoms with Gasteiger partial charge in [-0.05, 0) is 18.2 Å². The summed E-state index contributed by atoms with van der Waals surface area (Å²) in [4.78, 5) is 2.84. The highest BCUT2D eigenvalue weighted by Gasteiger charge is 2.15. The molecule has 0 fully saturated rings. The summed E-state index contributed by atoms with van der Waals surface area (Å²) >= 11 is 6.05. The number of halogens is 1. The molecule has 0 aliphatic heterocycles. The SMILES string of the molecule is COc1cc2[nH]c(O)c(N=Nc3ccccc3Cl)c2cc1OC. The van der Waals surface area contributed by atoms with Crippen LogP contribution in [-0.2, 0) is 0 Å². The molecular formula is C16H14ClN3O3. The van der Waals surface area contributed by atoms with Gasteiger partial charge in [-0.15, -0.1) is 10.2 Å². The number of rotatable bonds is 4. The van der Waals surface area contributed by atoms with E-state index in [1.807, 2.05) is 12.1 Å². The predicted molar refractivity (Wildman–Crippen MR) is 88.7 cm³/mol. The quantitative estimate of drug-likeness (QED) is 0.663. The molecule has 0 aliphatic rings. The van der Waals surface area contributed by atoms with E-state index >= 15 is 0 Å². The third kappa shape index (κ3) is 2.80. The van der Waals surface area contributed by atoms with Crippen LogP contribution in [-0.4, -0.2) is 24.3 Å². The van der Waals surface area contributed by atoms with Crippen molar-refractivity contribution in [1.82, 2.24) is 4.98 Å². The van der Waals surface area contributed by atoms with Crippen molar-refractivity contribution in [2.45, 2.75) is 0 Å². The Morgan fingerprint density at radius 3 is 2.43 bits per heavy atom. The molecule has 0 saturated heterocycles. The van der Waals surface area contributed by atoms with Gasteiger partial charge in [-0.3, -0.25) is 0 Å². The van der Waals surface area contributed by atoms with Crippen molar-refractivity contribution in [3.63, 3.8) is 0 Å². The molecule has 0 unspecified atom stereocenters. The van der Waals surface area contributed by atoms with Crippen LogP contribution >= 0.6 is 11.6 Å². The minimum Gasteiger partial charge on any atom is -0.493 e. The zero-order chi connectivity index (χ0) is 16.4. The number of aromatic hydroxyl groups is 1. The molecule has 0 spiro atoms. The van der Waals surface area contributed by atoms with Crippen LogP contribution in [0.3, 0.4) is 0 Å². The van der Waals surface area contributed by atoms with E-state index in [1.54, 1.807) is 38.5 Å². The van der Waals surface area contributed by atoms with Gasteiger partial charge >= 0.3 is 0 Å². The van der Waals surface area contributed by atoms with Crippen molar-refractivity contribution >= 4 is 33.9 Å². The number of H-pyrrole nitrogens is 1. The minimum atomic E-state index is -0.0916. The molecule has 1 aromatic heterocycles. The topological polar surface area (TPSA) is 79.2 Å². The predicted octanol–water partition coefficient (Wildman–Crippen LogP) is 4.96. The molecule has 0 amide bonds. The molecule has 1 heterocycles. The van der Waals surface area contributed by atoms with Gasteiger partial charge < -0.3 is 19.6 Å². The van der Waals surface area contributed by atoms with E-state index in [0.29, 0.717) is 38.8 Å². The Hall–Kier alpha value is -2.73. The van der Waals surface area contributed by atoms with Crippen LogP contribution in [0.25, 0.3) is 10.9 Å². The molecule has 3 aromatic rings. The second-order valence-electron chi connectivity index (χ2n) is 4.73. The van der Waals surface area contributed by atoms with Gasteiger partial charge in [0.15, 0.2) is 17.2 Å². The molecule has 0 atom stereocenters. The number of azo groups is 1. The van der Waals surface area contributed by atoms with Crippen molar-refractivity contribution in [1.29, 1.82) is 0 Å². The van der Waals surface area contributed by atoms with E-state index in [9.17, 15) is 5.11 Å². The fraction of sp³-hybridized carbons (Fsp3) is 0.125. The Kier molecular flexibility index (Phi) is 4.08. The normalized spacial score (nSPS) is 11.3. The molecule has 2 N–H and O–H groups in total. The Morgan fingerprint density at radius 2 is 1.74 bits per heavy atom. The van der Waals surface area contributed by atoms with E-state index < -0.39 is 0 Å². The maximum absolute atomic E-state index is 10.1. The number of fused-ring (bicyclic) bond motifs is 1. The van der Waals surface area contributed by atoms with Crippen LogP contribution in [0, 0.1) is 0 Å². The summed E-state index contributed by atoms with van der Waals surface area (Å²) in [5.74, 6) is 0.996. The number of hydrogen-bond acceptors (Lipinski definition) is 5.